The van der Waals surface area contributed by atoms with Crippen LogP contribution >= 0.6 is 23.2 Å². The van der Waals surface area contributed by atoms with Crippen molar-refractivity contribution in [1.29, 1.82) is 5.26 Å². The molecule has 2 aromatic carbocycles. The van der Waals surface area contributed by atoms with Gasteiger partial charge in [0.1, 0.15) is 17.5 Å². The van der Waals surface area contributed by atoms with Gasteiger partial charge in [0.15, 0.2) is 0 Å². The molecule has 2 saturated heterocycles. The van der Waals surface area contributed by atoms with Crippen LogP contribution in [-0.2, 0) is 4.79 Å². The molecule has 0 aromatic heterocycles. The van der Waals surface area contributed by atoms with Crippen LogP contribution in [0.25, 0.3) is 0 Å². The van der Waals surface area contributed by atoms with Gasteiger partial charge in [-0.2, -0.15) is 5.26 Å². The lowest BCUT2D eigenvalue weighted by molar-refractivity contribution is -0.119. The predicted octanol–water partition coefficient (Wildman–Crippen LogP) is 4.07. The molecule has 1 amide bonds. The van der Waals surface area contributed by atoms with Crippen LogP contribution in [0.2, 0.25) is 10.0 Å². The average molecular weight is 401 g/mol. The second-order valence-electron chi connectivity index (χ2n) is 6.33. The van der Waals surface area contributed by atoms with Crippen molar-refractivity contribution in [3.63, 3.8) is 0 Å². The van der Waals surface area contributed by atoms with Gasteiger partial charge in [0.2, 0.25) is 5.96 Å². The molecule has 4 rings (SSSR count). The molecule has 27 heavy (non-hydrogen) atoms. The van der Waals surface area contributed by atoms with Crippen molar-refractivity contribution in [3.8, 4) is 11.8 Å². The van der Waals surface area contributed by atoms with Crippen LogP contribution in [0.3, 0.4) is 0 Å². The van der Waals surface area contributed by atoms with E-state index in [1.165, 1.54) is 11.0 Å². The summed E-state index contributed by atoms with van der Waals surface area (Å²) in [7, 11) is 0. The quantitative estimate of drug-likeness (QED) is 0.823. The molecule has 0 aliphatic carbocycles. The van der Waals surface area contributed by atoms with E-state index in [4.69, 9.17) is 28.5 Å². The van der Waals surface area contributed by atoms with E-state index in [9.17, 15) is 9.90 Å². The standard InChI is InChI=1S/C19H14Cl2N4O2/c20-12-3-1-4-14(17(12)21)25-18(27)15-5-2-8-24(15)19(25)23-13-7-6-11(10-22)9-16(13)26/h1,3-4,6-7,9,15,26H,2,5,8H2/b23-19+/t15-/m0/s1. The highest BCUT2D eigenvalue weighted by Crippen LogP contribution is 2.39. The third kappa shape index (κ3) is 2.89. The molecular formula is C19H14Cl2N4O2. The predicted molar refractivity (Wildman–Crippen MR) is 104 cm³/mol. The Bertz CT molecular complexity index is 1020. The molecule has 1 atom stereocenters. The average Bonchev–Trinajstić information content (AvgIpc) is 3.23. The van der Waals surface area contributed by atoms with Gasteiger partial charge >= 0.3 is 0 Å². The largest absolute Gasteiger partial charge is 0.506 e. The minimum atomic E-state index is -0.306. The zero-order chi connectivity index (χ0) is 19.1. The molecule has 0 spiro atoms. The smallest absolute Gasteiger partial charge is 0.256 e. The minimum absolute atomic E-state index is 0.122. The lowest BCUT2D eigenvalue weighted by Crippen LogP contribution is -2.34. The molecule has 8 heteroatoms. The van der Waals surface area contributed by atoms with E-state index in [2.05, 4.69) is 4.99 Å². The van der Waals surface area contributed by atoms with Crippen LogP contribution in [-0.4, -0.2) is 34.5 Å². The highest BCUT2D eigenvalue weighted by Gasteiger charge is 2.47. The van der Waals surface area contributed by atoms with Gasteiger partial charge in [0, 0.05) is 6.54 Å². The number of halogens is 2. The lowest BCUT2D eigenvalue weighted by Gasteiger charge is -2.22. The Morgan fingerprint density at radius 1 is 1.26 bits per heavy atom. The fraction of sp³-hybridized carbons (Fsp3) is 0.211. The summed E-state index contributed by atoms with van der Waals surface area (Å²) >= 11 is 12.5. The molecule has 2 aliphatic heterocycles. The number of benzene rings is 2. The van der Waals surface area contributed by atoms with E-state index in [1.54, 1.807) is 30.3 Å². The summed E-state index contributed by atoms with van der Waals surface area (Å²) in [5, 5.41) is 19.8. The van der Waals surface area contributed by atoms with Crippen LogP contribution in [0.1, 0.15) is 18.4 Å². The van der Waals surface area contributed by atoms with Crippen molar-refractivity contribution in [2.75, 3.05) is 11.4 Å². The Morgan fingerprint density at radius 3 is 2.81 bits per heavy atom. The summed E-state index contributed by atoms with van der Waals surface area (Å²) < 4.78 is 0. The molecule has 136 valence electrons. The van der Waals surface area contributed by atoms with Gasteiger partial charge in [-0.25, -0.2) is 9.89 Å². The number of amides is 1. The normalized spacial score (nSPS) is 20.3. The number of phenolic OH excluding ortho intramolecular Hbond substituents is 1. The molecule has 0 unspecified atom stereocenters. The number of hydrogen-bond acceptors (Lipinski definition) is 4. The number of rotatable bonds is 2. The summed E-state index contributed by atoms with van der Waals surface area (Å²) in [5.41, 5.74) is 1.05. The number of fused-ring (bicyclic) bond motifs is 1. The zero-order valence-electron chi connectivity index (χ0n) is 14.1. The van der Waals surface area contributed by atoms with E-state index in [0.29, 0.717) is 28.8 Å². The molecule has 1 N–H and O–H groups in total. The van der Waals surface area contributed by atoms with Gasteiger partial charge in [0.05, 0.1) is 27.4 Å². The number of hydrogen-bond donors (Lipinski definition) is 1. The summed E-state index contributed by atoms with van der Waals surface area (Å²) in [6.07, 6.45) is 1.61. The summed E-state index contributed by atoms with van der Waals surface area (Å²) in [4.78, 5) is 20.9. The Morgan fingerprint density at radius 2 is 2.07 bits per heavy atom. The molecular weight excluding hydrogens is 387 g/mol. The highest BCUT2D eigenvalue weighted by molar-refractivity contribution is 6.45. The highest BCUT2D eigenvalue weighted by atomic mass is 35.5. The Labute approximate surface area is 165 Å². The molecule has 0 bridgehead atoms. The van der Waals surface area contributed by atoms with Crippen molar-refractivity contribution >= 4 is 46.4 Å². The maximum atomic E-state index is 13.0. The first-order valence-electron chi connectivity index (χ1n) is 8.37. The first-order chi connectivity index (χ1) is 13.0. The van der Waals surface area contributed by atoms with E-state index in [1.807, 2.05) is 11.0 Å². The van der Waals surface area contributed by atoms with Crippen molar-refractivity contribution in [2.24, 2.45) is 4.99 Å². The maximum absolute atomic E-state index is 13.0. The Hall–Kier alpha value is -2.75. The summed E-state index contributed by atoms with van der Waals surface area (Å²) in [6, 6.07) is 11.2. The van der Waals surface area contributed by atoms with Crippen LogP contribution in [0.15, 0.2) is 41.4 Å². The van der Waals surface area contributed by atoms with Crippen LogP contribution < -0.4 is 4.90 Å². The number of nitriles is 1. The van der Waals surface area contributed by atoms with Crippen molar-refractivity contribution in [3.05, 3.63) is 52.0 Å². The second-order valence-corrected chi connectivity index (χ2v) is 7.11. The Kier molecular flexibility index (Phi) is 4.42. The van der Waals surface area contributed by atoms with Gasteiger partial charge in [-0.1, -0.05) is 29.3 Å². The number of guanidine groups is 1. The molecule has 2 fully saturated rings. The second kappa shape index (κ2) is 6.76. The van der Waals surface area contributed by atoms with Crippen molar-refractivity contribution < 1.29 is 9.90 Å². The zero-order valence-corrected chi connectivity index (χ0v) is 15.6. The topological polar surface area (TPSA) is 79.9 Å². The van der Waals surface area contributed by atoms with Gasteiger partial charge in [0.25, 0.3) is 5.91 Å². The van der Waals surface area contributed by atoms with E-state index in [-0.39, 0.29) is 28.4 Å². The van der Waals surface area contributed by atoms with Gasteiger partial charge in [-0.15, -0.1) is 0 Å². The van der Waals surface area contributed by atoms with Crippen LogP contribution in [0.4, 0.5) is 11.4 Å². The molecule has 2 aromatic rings. The number of nitrogens with zero attached hydrogens (tertiary/aromatic N) is 4. The monoisotopic (exact) mass is 400 g/mol. The van der Waals surface area contributed by atoms with Crippen LogP contribution in [0.5, 0.6) is 5.75 Å². The number of anilines is 1. The molecule has 6 nitrogen and oxygen atoms in total. The van der Waals surface area contributed by atoms with E-state index in [0.717, 1.165) is 12.8 Å². The first kappa shape index (κ1) is 17.7. The van der Waals surface area contributed by atoms with Gasteiger partial charge in [-0.3, -0.25) is 4.79 Å². The third-order valence-electron chi connectivity index (χ3n) is 4.71. The van der Waals surface area contributed by atoms with Crippen LogP contribution in [0, 0.1) is 11.3 Å². The number of carbonyl (C=O) groups is 1. The fourth-order valence-corrected chi connectivity index (χ4v) is 3.82. The number of aromatic hydroxyl groups is 1. The number of phenols is 1. The number of aliphatic imine (C=N–C) groups is 1. The maximum Gasteiger partial charge on any atom is 0.256 e. The summed E-state index contributed by atoms with van der Waals surface area (Å²) in [5.74, 6) is 0.143. The molecule has 2 heterocycles. The summed E-state index contributed by atoms with van der Waals surface area (Å²) in [6.45, 7) is 0.682. The lowest BCUT2D eigenvalue weighted by atomic mass is 10.2. The van der Waals surface area contributed by atoms with Gasteiger partial charge < -0.3 is 10.0 Å². The minimum Gasteiger partial charge on any atom is -0.506 e. The molecule has 0 radical (unpaired) electrons. The molecule has 2 aliphatic rings. The number of carbonyl (C=O) groups excluding carboxylic acids is 1. The first-order valence-corrected chi connectivity index (χ1v) is 9.13. The van der Waals surface area contributed by atoms with E-state index >= 15 is 0 Å². The third-order valence-corrected chi connectivity index (χ3v) is 5.52. The van der Waals surface area contributed by atoms with Crippen molar-refractivity contribution in [2.45, 2.75) is 18.9 Å². The molecule has 0 saturated carbocycles. The SMILES string of the molecule is N#Cc1ccc(/N=C2/N(c3cccc(Cl)c3Cl)C(=O)[C@@H]3CCCN23)c(O)c1. The fourth-order valence-electron chi connectivity index (χ4n) is 3.44. The Balaban J connectivity index is 1.86. The van der Waals surface area contributed by atoms with E-state index < -0.39 is 0 Å². The van der Waals surface area contributed by atoms with Crippen molar-refractivity contribution in [1.82, 2.24) is 4.90 Å². The van der Waals surface area contributed by atoms with Gasteiger partial charge in [-0.05, 0) is 43.2 Å².